The first-order chi connectivity index (χ1) is 14.1. The number of fused-ring (bicyclic) bond motifs is 1. The minimum absolute atomic E-state index is 0.518. The second-order valence-electron chi connectivity index (χ2n) is 5.99. The van der Waals surface area contributed by atoms with Crippen molar-refractivity contribution in [3.05, 3.63) is 41.4 Å². The summed E-state index contributed by atoms with van der Waals surface area (Å²) >= 11 is 7.49. The monoisotopic (exact) mass is 431 g/mol. The smallest absolute Gasteiger partial charge is 0.211 e. The zero-order valence-electron chi connectivity index (χ0n) is 16.0. The molecule has 3 aromatic rings. The molecular formula is C19H18ClN5O3S. The number of ether oxygens (including phenoxy) is 3. The highest BCUT2D eigenvalue weighted by atomic mass is 35.5. The lowest BCUT2D eigenvalue weighted by Gasteiger charge is -2.19. The molecule has 1 aliphatic rings. The van der Waals surface area contributed by atoms with Crippen molar-refractivity contribution in [1.82, 2.24) is 14.9 Å². The molecule has 10 heteroatoms. The van der Waals surface area contributed by atoms with Crippen LogP contribution in [-0.4, -0.2) is 47.8 Å². The number of nitrogens with one attached hydrogen (secondary N) is 1. The van der Waals surface area contributed by atoms with Gasteiger partial charge in [0.2, 0.25) is 10.9 Å². The number of amidine groups is 1. The zero-order chi connectivity index (χ0) is 20.4. The standard InChI is InChI=1S/C19H18ClN5O3S/c1-26-14-8-11(9-15(27-2)17(14)28-3)18-22-23-19-25(18)24-16(10-29-19)21-13-6-4-12(20)5-7-13/h4-9H,10H2,1-3H3,(H,21,24). The van der Waals surface area contributed by atoms with Crippen molar-refractivity contribution in [2.45, 2.75) is 5.16 Å². The predicted octanol–water partition coefficient (Wildman–Crippen LogP) is 4.00. The summed E-state index contributed by atoms with van der Waals surface area (Å²) in [6, 6.07) is 11.0. The van der Waals surface area contributed by atoms with Gasteiger partial charge in [-0.3, -0.25) is 5.43 Å². The Kier molecular flexibility index (Phi) is 5.50. The van der Waals surface area contributed by atoms with Gasteiger partial charge in [-0.1, -0.05) is 23.4 Å². The maximum absolute atomic E-state index is 5.95. The quantitative estimate of drug-likeness (QED) is 0.653. The highest BCUT2D eigenvalue weighted by molar-refractivity contribution is 7.99. The first kappa shape index (κ1) is 19.4. The van der Waals surface area contributed by atoms with E-state index in [1.54, 1.807) is 37.8 Å². The number of hydrogen-bond donors (Lipinski definition) is 1. The van der Waals surface area contributed by atoms with Crippen LogP contribution in [0.15, 0.2) is 46.5 Å². The van der Waals surface area contributed by atoms with Gasteiger partial charge in [-0.25, -0.2) is 9.67 Å². The van der Waals surface area contributed by atoms with Gasteiger partial charge in [-0.05, 0) is 36.4 Å². The number of aromatic nitrogens is 3. The molecule has 0 spiro atoms. The molecule has 0 fully saturated rings. The third kappa shape index (κ3) is 3.83. The van der Waals surface area contributed by atoms with Gasteiger partial charge < -0.3 is 14.2 Å². The van der Waals surface area contributed by atoms with E-state index in [0.29, 0.717) is 33.8 Å². The average molecular weight is 432 g/mol. The van der Waals surface area contributed by atoms with E-state index in [-0.39, 0.29) is 0 Å². The molecular weight excluding hydrogens is 414 g/mol. The summed E-state index contributed by atoms with van der Waals surface area (Å²) in [6.07, 6.45) is 0. The molecule has 0 saturated heterocycles. The number of aliphatic imine (C=N–C) groups is 1. The van der Waals surface area contributed by atoms with Crippen molar-refractivity contribution in [3.8, 4) is 28.6 Å². The van der Waals surface area contributed by atoms with Crippen LogP contribution in [0.25, 0.3) is 11.4 Å². The number of hydrogen-bond acceptors (Lipinski definition) is 7. The van der Waals surface area contributed by atoms with E-state index in [4.69, 9.17) is 25.8 Å². The Morgan fingerprint density at radius 3 is 2.34 bits per heavy atom. The fourth-order valence-electron chi connectivity index (χ4n) is 2.88. The van der Waals surface area contributed by atoms with E-state index >= 15 is 0 Å². The maximum atomic E-state index is 5.95. The first-order valence-electron chi connectivity index (χ1n) is 8.61. The number of benzene rings is 2. The molecule has 29 heavy (non-hydrogen) atoms. The van der Waals surface area contributed by atoms with Gasteiger partial charge in [0.1, 0.15) is 5.84 Å². The van der Waals surface area contributed by atoms with Gasteiger partial charge in [-0.15, -0.1) is 10.2 Å². The van der Waals surface area contributed by atoms with Crippen LogP contribution in [0, 0.1) is 0 Å². The third-order valence-corrected chi connectivity index (χ3v) is 5.42. The fourth-order valence-corrected chi connectivity index (χ4v) is 3.77. The van der Waals surface area contributed by atoms with Gasteiger partial charge in [0, 0.05) is 10.6 Å². The van der Waals surface area contributed by atoms with Gasteiger partial charge in [-0.2, -0.15) is 0 Å². The molecule has 8 nitrogen and oxygen atoms in total. The van der Waals surface area contributed by atoms with Crippen LogP contribution in [0.3, 0.4) is 0 Å². The van der Waals surface area contributed by atoms with E-state index in [2.05, 4.69) is 20.6 Å². The van der Waals surface area contributed by atoms with E-state index in [1.807, 2.05) is 36.4 Å². The summed E-state index contributed by atoms with van der Waals surface area (Å²) < 4.78 is 18.1. The van der Waals surface area contributed by atoms with Gasteiger partial charge in [0.25, 0.3) is 0 Å². The second-order valence-corrected chi connectivity index (χ2v) is 7.37. The van der Waals surface area contributed by atoms with E-state index in [0.717, 1.165) is 22.2 Å². The Morgan fingerprint density at radius 2 is 1.72 bits per heavy atom. The molecule has 1 N–H and O–H groups in total. The summed E-state index contributed by atoms with van der Waals surface area (Å²) in [5.41, 5.74) is 4.86. The van der Waals surface area contributed by atoms with Crippen LogP contribution in [0.5, 0.6) is 17.2 Å². The Bertz CT molecular complexity index is 1040. The number of halogens is 1. The summed E-state index contributed by atoms with van der Waals surface area (Å²) in [5.74, 6) is 3.63. The molecule has 2 heterocycles. The van der Waals surface area contributed by atoms with E-state index in [1.165, 1.54) is 0 Å². The van der Waals surface area contributed by atoms with Crippen LogP contribution in [-0.2, 0) is 0 Å². The summed E-state index contributed by atoms with van der Waals surface area (Å²) in [7, 11) is 4.72. The molecule has 4 rings (SSSR count). The molecule has 0 saturated carbocycles. The van der Waals surface area contributed by atoms with Crippen LogP contribution >= 0.6 is 23.4 Å². The van der Waals surface area contributed by atoms with Crippen molar-refractivity contribution >= 4 is 34.9 Å². The number of rotatable bonds is 5. The van der Waals surface area contributed by atoms with Gasteiger partial charge >= 0.3 is 0 Å². The van der Waals surface area contributed by atoms with Crippen LogP contribution in [0.2, 0.25) is 5.02 Å². The summed E-state index contributed by atoms with van der Waals surface area (Å²) in [5, 5.41) is 10.0. The second kappa shape index (κ2) is 8.22. The molecule has 0 bridgehead atoms. The molecule has 0 unspecified atom stereocenters. The molecule has 1 aromatic heterocycles. The number of nitrogens with zero attached hydrogens (tertiary/aromatic N) is 4. The van der Waals surface area contributed by atoms with Gasteiger partial charge in [0.05, 0.1) is 32.8 Å². The normalized spacial score (nSPS) is 14.3. The zero-order valence-corrected chi connectivity index (χ0v) is 17.5. The number of methoxy groups -OCH3 is 3. The fraction of sp³-hybridized carbons (Fsp3) is 0.211. The maximum Gasteiger partial charge on any atom is 0.211 e. The minimum Gasteiger partial charge on any atom is -0.493 e. The molecule has 0 atom stereocenters. The molecule has 0 aliphatic carbocycles. The molecule has 2 aromatic carbocycles. The van der Waals surface area contributed by atoms with Crippen molar-refractivity contribution in [2.24, 2.45) is 4.99 Å². The summed E-state index contributed by atoms with van der Waals surface area (Å²) in [4.78, 5) is 4.65. The topological polar surface area (TPSA) is 82.8 Å². The van der Waals surface area contributed by atoms with Crippen molar-refractivity contribution < 1.29 is 14.2 Å². The summed E-state index contributed by atoms with van der Waals surface area (Å²) in [6.45, 7) is 0. The van der Waals surface area contributed by atoms with E-state index < -0.39 is 0 Å². The molecule has 150 valence electrons. The lowest BCUT2D eigenvalue weighted by Crippen LogP contribution is -2.30. The Balaban J connectivity index is 1.71. The number of thioether (sulfide) groups is 1. The lowest BCUT2D eigenvalue weighted by atomic mass is 10.1. The first-order valence-corrected chi connectivity index (χ1v) is 9.98. The van der Waals surface area contributed by atoms with Crippen LogP contribution in [0.4, 0.5) is 5.69 Å². The average Bonchev–Trinajstić information content (AvgIpc) is 3.17. The predicted molar refractivity (Wildman–Crippen MR) is 114 cm³/mol. The van der Waals surface area contributed by atoms with Crippen molar-refractivity contribution in [1.29, 1.82) is 0 Å². The Hall–Kier alpha value is -2.91. The Labute approximate surface area is 176 Å². The van der Waals surface area contributed by atoms with E-state index in [9.17, 15) is 0 Å². The third-order valence-electron chi connectivity index (χ3n) is 4.23. The molecule has 0 amide bonds. The lowest BCUT2D eigenvalue weighted by molar-refractivity contribution is 0.324. The largest absolute Gasteiger partial charge is 0.493 e. The van der Waals surface area contributed by atoms with Crippen LogP contribution < -0.4 is 19.6 Å². The molecule has 1 aliphatic heterocycles. The highest BCUT2D eigenvalue weighted by Gasteiger charge is 2.23. The Morgan fingerprint density at radius 1 is 1.03 bits per heavy atom. The molecule has 0 radical (unpaired) electrons. The minimum atomic E-state index is 0.518. The highest BCUT2D eigenvalue weighted by Crippen LogP contribution is 2.41. The SMILES string of the molecule is COc1cc(-c2nnc3n2NC(=Nc2ccc(Cl)cc2)CS3)cc(OC)c1OC. The van der Waals surface area contributed by atoms with Crippen molar-refractivity contribution in [3.63, 3.8) is 0 Å². The van der Waals surface area contributed by atoms with Crippen LogP contribution in [0.1, 0.15) is 0 Å². The van der Waals surface area contributed by atoms with Crippen molar-refractivity contribution in [2.75, 3.05) is 32.5 Å². The van der Waals surface area contributed by atoms with Gasteiger partial charge in [0.15, 0.2) is 17.3 Å².